The SMILES string of the molecule is O=C(Cn1nccc1C(=O)O)Nc1ccc(Cl)cn1. The minimum Gasteiger partial charge on any atom is -0.477 e. The van der Waals surface area contributed by atoms with E-state index < -0.39 is 11.9 Å². The van der Waals surface area contributed by atoms with Gasteiger partial charge in [0, 0.05) is 12.4 Å². The normalized spacial score (nSPS) is 10.2. The van der Waals surface area contributed by atoms with E-state index in [9.17, 15) is 9.59 Å². The smallest absolute Gasteiger partial charge is 0.354 e. The van der Waals surface area contributed by atoms with Gasteiger partial charge >= 0.3 is 5.97 Å². The summed E-state index contributed by atoms with van der Waals surface area (Å²) in [6, 6.07) is 4.44. The zero-order chi connectivity index (χ0) is 13.8. The van der Waals surface area contributed by atoms with Gasteiger partial charge in [-0.1, -0.05) is 11.6 Å². The number of hydrogen-bond acceptors (Lipinski definition) is 4. The third kappa shape index (κ3) is 3.29. The molecular weight excluding hydrogens is 272 g/mol. The summed E-state index contributed by atoms with van der Waals surface area (Å²) in [5.41, 5.74) is -0.0563. The van der Waals surface area contributed by atoms with Crippen molar-refractivity contribution in [3.8, 4) is 0 Å². The Labute approximate surface area is 112 Å². The van der Waals surface area contributed by atoms with Gasteiger partial charge in [0.2, 0.25) is 5.91 Å². The van der Waals surface area contributed by atoms with Gasteiger partial charge in [-0.15, -0.1) is 0 Å². The molecule has 2 N–H and O–H groups in total. The molecule has 0 aliphatic carbocycles. The maximum Gasteiger partial charge on any atom is 0.354 e. The zero-order valence-electron chi connectivity index (χ0n) is 9.58. The second kappa shape index (κ2) is 5.49. The van der Waals surface area contributed by atoms with Crippen molar-refractivity contribution < 1.29 is 14.7 Å². The number of nitrogens with one attached hydrogen (secondary N) is 1. The van der Waals surface area contributed by atoms with Gasteiger partial charge in [0.1, 0.15) is 18.1 Å². The fraction of sp³-hybridized carbons (Fsp3) is 0.0909. The van der Waals surface area contributed by atoms with E-state index in [-0.39, 0.29) is 12.2 Å². The molecule has 2 rings (SSSR count). The number of hydrogen-bond donors (Lipinski definition) is 2. The van der Waals surface area contributed by atoms with Crippen LogP contribution in [0.25, 0.3) is 0 Å². The number of carbonyl (C=O) groups excluding carboxylic acids is 1. The molecule has 2 aromatic heterocycles. The number of aromatic nitrogens is 3. The van der Waals surface area contributed by atoms with Crippen molar-refractivity contribution in [2.45, 2.75) is 6.54 Å². The van der Waals surface area contributed by atoms with Gasteiger partial charge < -0.3 is 10.4 Å². The van der Waals surface area contributed by atoms with Crippen molar-refractivity contribution in [1.82, 2.24) is 14.8 Å². The highest BCUT2D eigenvalue weighted by Crippen LogP contribution is 2.09. The fourth-order valence-electron chi connectivity index (χ4n) is 1.41. The van der Waals surface area contributed by atoms with Crippen LogP contribution in [0, 0.1) is 0 Å². The Morgan fingerprint density at radius 3 is 2.79 bits per heavy atom. The number of carbonyl (C=O) groups is 2. The molecule has 98 valence electrons. The highest BCUT2D eigenvalue weighted by atomic mass is 35.5. The molecule has 0 spiro atoms. The Morgan fingerprint density at radius 1 is 1.37 bits per heavy atom. The molecule has 0 fully saturated rings. The van der Waals surface area contributed by atoms with Crippen LogP contribution in [0.5, 0.6) is 0 Å². The molecule has 8 heteroatoms. The first kappa shape index (κ1) is 13.0. The first-order chi connectivity index (χ1) is 9.06. The van der Waals surface area contributed by atoms with Crippen molar-refractivity contribution in [2.24, 2.45) is 0 Å². The van der Waals surface area contributed by atoms with Crippen LogP contribution in [-0.4, -0.2) is 31.7 Å². The molecule has 0 saturated heterocycles. The van der Waals surface area contributed by atoms with E-state index in [1.54, 1.807) is 12.1 Å². The van der Waals surface area contributed by atoms with Crippen LogP contribution in [0.1, 0.15) is 10.5 Å². The van der Waals surface area contributed by atoms with Crippen LogP contribution in [0.4, 0.5) is 5.82 Å². The Balaban J connectivity index is 2.03. The number of carboxylic acid groups (broad SMARTS) is 1. The number of pyridine rings is 1. The first-order valence-corrected chi connectivity index (χ1v) is 5.60. The van der Waals surface area contributed by atoms with Crippen LogP contribution >= 0.6 is 11.6 Å². The van der Waals surface area contributed by atoms with E-state index in [0.29, 0.717) is 10.8 Å². The van der Waals surface area contributed by atoms with Gasteiger partial charge in [0.15, 0.2) is 0 Å². The van der Waals surface area contributed by atoms with Crippen LogP contribution in [-0.2, 0) is 11.3 Å². The van der Waals surface area contributed by atoms with Crippen LogP contribution in [0.3, 0.4) is 0 Å². The number of halogens is 1. The largest absolute Gasteiger partial charge is 0.477 e. The molecule has 0 aliphatic rings. The highest BCUT2D eigenvalue weighted by molar-refractivity contribution is 6.30. The maximum atomic E-state index is 11.7. The number of nitrogens with zero attached hydrogens (tertiary/aromatic N) is 3. The molecule has 2 heterocycles. The first-order valence-electron chi connectivity index (χ1n) is 5.23. The second-order valence-corrected chi connectivity index (χ2v) is 4.03. The summed E-state index contributed by atoms with van der Waals surface area (Å²) in [5.74, 6) is -1.24. The van der Waals surface area contributed by atoms with E-state index in [1.165, 1.54) is 18.5 Å². The third-order valence-corrected chi connectivity index (χ3v) is 2.45. The molecule has 2 aromatic rings. The summed E-state index contributed by atoms with van der Waals surface area (Å²) in [4.78, 5) is 26.4. The topological polar surface area (TPSA) is 97.1 Å². The molecule has 0 radical (unpaired) electrons. The van der Waals surface area contributed by atoms with Gasteiger partial charge in [-0.05, 0) is 18.2 Å². The van der Waals surface area contributed by atoms with Crippen molar-refractivity contribution in [3.05, 3.63) is 41.3 Å². The summed E-state index contributed by atoms with van der Waals surface area (Å²) < 4.78 is 1.09. The monoisotopic (exact) mass is 280 g/mol. The van der Waals surface area contributed by atoms with Crippen molar-refractivity contribution in [3.63, 3.8) is 0 Å². The zero-order valence-corrected chi connectivity index (χ0v) is 10.3. The van der Waals surface area contributed by atoms with Gasteiger partial charge in [-0.2, -0.15) is 5.10 Å². The van der Waals surface area contributed by atoms with Crippen molar-refractivity contribution in [1.29, 1.82) is 0 Å². The van der Waals surface area contributed by atoms with Crippen LogP contribution in [0.2, 0.25) is 5.02 Å². The van der Waals surface area contributed by atoms with E-state index in [0.717, 1.165) is 4.68 Å². The number of carboxylic acids is 1. The molecule has 19 heavy (non-hydrogen) atoms. The predicted molar refractivity (Wildman–Crippen MR) is 67.1 cm³/mol. The number of amides is 1. The molecule has 0 unspecified atom stereocenters. The standard InChI is InChI=1S/C11H9ClN4O3/c12-7-1-2-9(13-5-7)15-10(17)6-16-8(11(18)19)3-4-14-16/h1-5H,6H2,(H,18,19)(H,13,15,17). The van der Waals surface area contributed by atoms with Gasteiger partial charge in [0.25, 0.3) is 0 Å². The lowest BCUT2D eigenvalue weighted by Crippen LogP contribution is -2.22. The number of aromatic carboxylic acids is 1. The van der Waals surface area contributed by atoms with Gasteiger partial charge in [-0.3, -0.25) is 4.79 Å². The predicted octanol–water partition coefficient (Wildman–Crippen LogP) is 1.27. The van der Waals surface area contributed by atoms with E-state index in [1.807, 2.05) is 0 Å². The summed E-state index contributed by atoms with van der Waals surface area (Å²) in [7, 11) is 0. The van der Waals surface area contributed by atoms with E-state index in [4.69, 9.17) is 16.7 Å². The molecule has 0 aliphatic heterocycles. The van der Waals surface area contributed by atoms with Gasteiger partial charge in [0.05, 0.1) is 5.02 Å². The highest BCUT2D eigenvalue weighted by Gasteiger charge is 2.13. The van der Waals surface area contributed by atoms with E-state index >= 15 is 0 Å². The number of rotatable bonds is 4. The van der Waals surface area contributed by atoms with Crippen molar-refractivity contribution >= 4 is 29.3 Å². The van der Waals surface area contributed by atoms with Crippen LogP contribution in [0.15, 0.2) is 30.6 Å². The van der Waals surface area contributed by atoms with Crippen molar-refractivity contribution in [2.75, 3.05) is 5.32 Å². The lowest BCUT2D eigenvalue weighted by Gasteiger charge is -2.06. The molecule has 0 bridgehead atoms. The minimum absolute atomic E-state index is 0.0563. The fourth-order valence-corrected chi connectivity index (χ4v) is 1.52. The summed E-state index contributed by atoms with van der Waals surface area (Å²) in [6.07, 6.45) is 2.71. The molecule has 0 aromatic carbocycles. The summed E-state index contributed by atoms with van der Waals surface area (Å²) >= 11 is 5.66. The Kier molecular flexibility index (Phi) is 3.76. The summed E-state index contributed by atoms with van der Waals surface area (Å²) in [5, 5.41) is 15.6. The average molecular weight is 281 g/mol. The quantitative estimate of drug-likeness (QED) is 0.879. The Hall–Kier alpha value is -2.41. The molecule has 7 nitrogen and oxygen atoms in total. The molecule has 1 amide bonds. The second-order valence-electron chi connectivity index (χ2n) is 3.59. The van der Waals surface area contributed by atoms with Gasteiger partial charge in [-0.25, -0.2) is 14.5 Å². The third-order valence-electron chi connectivity index (χ3n) is 2.22. The van der Waals surface area contributed by atoms with Crippen LogP contribution < -0.4 is 5.32 Å². The molecule has 0 saturated carbocycles. The minimum atomic E-state index is -1.14. The molecule has 0 atom stereocenters. The summed E-state index contributed by atoms with van der Waals surface area (Å²) in [6.45, 7) is -0.209. The lowest BCUT2D eigenvalue weighted by atomic mass is 10.4. The Morgan fingerprint density at radius 2 is 2.16 bits per heavy atom. The lowest BCUT2D eigenvalue weighted by molar-refractivity contribution is -0.116. The van der Waals surface area contributed by atoms with E-state index in [2.05, 4.69) is 15.4 Å². The molecular formula is C11H9ClN4O3. The number of anilines is 1. The Bertz CT molecular complexity index is 609. The average Bonchev–Trinajstić information content (AvgIpc) is 2.80. The maximum absolute atomic E-state index is 11.7.